The monoisotopic (exact) mass is 458 g/mol. The maximum atomic E-state index is 13.1. The van der Waals surface area contributed by atoms with Gasteiger partial charge in [-0.2, -0.15) is 0 Å². The second-order valence-corrected chi connectivity index (χ2v) is 10.9. The Morgan fingerprint density at radius 2 is 1.84 bits per heavy atom. The molecule has 0 spiro atoms. The Kier molecular flexibility index (Phi) is 3.98. The van der Waals surface area contributed by atoms with Crippen LogP contribution in [0.25, 0.3) is 0 Å². The number of phenolic OH excluding ortho intramolecular Hbond substituents is 1. The predicted octanol–water partition coefficient (Wildman–Crippen LogP) is 1.70. The number of phenols is 1. The number of aromatic amines is 1. The van der Waals surface area contributed by atoms with E-state index in [1.807, 2.05) is 12.1 Å². The van der Waals surface area contributed by atoms with Gasteiger partial charge in [0.1, 0.15) is 12.3 Å². The Morgan fingerprint density at radius 1 is 1.13 bits per heavy atom. The van der Waals surface area contributed by atoms with Crippen LogP contribution in [-0.4, -0.2) is 49.7 Å². The zero-order valence-electron chi connectivity index (χ0n) is 16.1. The summed E-state index contributed by atoms with van der Waals surface area (Å²) in [5.74, 6) is -3.29. The summed E-state index contributed by atoms with van der Waals surface area (Å²) in [5.41, 5.74) is 0.720. The first-order valence-corrected chi connectivity index (χ1v) is 11.8. The number of H-pyrrole nitrogens is 1. The van der Waals surface area contributed by atoms with Crippen molar-refractivity contribution in [2.24, 2.45) is 29.6 Å². The maximum absolute atomic E-state index is 13.1. The summed E-state index contributed by atoms with van der Waals surface area (Å²) in [7, 11) is 0. The maximum Gasteiger partial charge on any atom is 0.323 e. The van der Waals surface area contributed by atoms with Crippen LogP contribution in [0, 0.1) is 29.6 Å². The lowest BCUT2D eigenvalue weighted by atomic mass is 9.68. The van der Waals surface area contributed by atoms with Gasteiger partial charge in [-0.15, -0.1) is 11.8 Å². The fourth-order valence-corrected chi connectivity index (χ4v) is 9.35. The third kappa shape index (κ3) is 2.48. The number of likely N-dealkylation sites (tertiary alicyclic amines) is 1. The number of carbonyl (C=O) groups excluding carboxylic acids is 2. The van der Waals surface area contributed by atoms with Gasteiger partial charge in [0.2, 0.25) is 11.8 Å². The number of para-hydroxylation sites is 1. The number of benzene rings is 1. The molecule has 7 atom stereocenters. The van der Waals surface area contributed by atoms with Crippen molar-refractivity contribution in [1.82, 2.24) is 9.88 Å². The average Bonchev–Trinajstić information content (AvgIpc) is 3.44. The Hall–Kier alpha value is -2.59. The van der Waals surface area contributed by atoms with E-state index in [-0.39, 0.29) is 45.5 Å². The van der Waals surface area contributed by atoms with Crippen LogP contribution in [0.1, 0.15) is 22.8 Å². The molecule has 3 heterocycles. The molecule has 10 heteroatoms. The topological polar surface area (TPSA) is 128 Å². The van der Waals surface area contributed by atoms with Gasteiger partial charge in [0.05, 0.1) is 16.9 Å². The molecular weight excluding hydrogens is 440 g/mol. The number of thioether (sulfide) groups is 1. The number of amides is 2. The number of fused-ring (bicyclic) bond motifs is 9. The van der Waals surface area contributed by atoms with E-state index in [2.05, 4.69) is 4.98 Å². The van der Waals surface area contributed by atoms with Crippen molar-refractivity contribution in [2.75, 3.05) is 6.54 Å². The van der Waals surface area contributed by atoms with Crippen LogP contribution in [0.2, 0.25) is 0 Å². The number of nitrogens with one attached hydrogen (secondary N) is 1. The highest BCUT2D eigenvalue weighted by Gasteiger charge is 2.69. The van der Waals surface area contributed by atoms with Crippen molar-refractivity contribution in [3.05, 3.63) is 44.4 Å². The Balaban J connectivity index is 1.47. The smallest absolute Gasteiger partial charge is 0.323 e. The first-order valence-electron chi connectivity index (χ1n) is 10.1. The van der Waals surface area contributed by atoms with E-state index in [0.29, 0.717) is 0 Å². The number of imide groups is 1. The van der Waals surface area contributed by atoms with Crippen LogP contribution in [0.15, 0.2) is 34.1 Å². The van der Waals surface area contributed by atoms with Gasteiger partial charge in [0.25, 0.3) is 0 Å². The molecule has 31 heavy (non-hydrogen) atoms. The van der Waals surface area contributed by atoms with E-state index < -0.39 is 30.3 Å². The highest BCUT2D eigenvalue weighted by Crippen LogP contribution is 2.68. The standard InChI is InChI=1S/C21H18N2O6S2/c24-10-4-2-1-3-7(10)12-13-8-5-9(16(13)30-18-17(12)31-21(29)22-18)15-14(8)19(27)23(20(15)28)6-11(25)26/h1-4,8-9,12-16,24H,5-6H2,(H,22,29)(H,25,26)/t8-,9+,12+,13+,14+,15+,16+/m0/s1. The van der Waals surface area contributed by atoms with Crippen molar-refractivity contribution < 1.29 is 24.6 Å². The molecule has 4 aliphatic rings. The van der Waals surface area contributed by atoms with Crippen LogP contribution in [0.3, 0.4) is 0 Å². The van der Waals surface area contributed by atoms with E-state index in [0.717, 1.165) is 38.1 Å². The van der Waals surface area contributed by atoms with Crippen molar-refractivity contribution in [3.63, 3.8) is 0 Å². The number of hydrogen-bond acceptors (Lipinski definition) is 7. The van der Waals surface area contributed by atoms with Crippen LogP contribution in [-0.2, 0) is 14.4 Å². The molecule has 2 saturated carbocycles. The van der Waals surface area contributed by atoms with Gasteiger partial charge < -0.3 is 15.2 Å². The van der Waals surface area contributed by atoms with Crippen LogP contribution in [0.4, 0.5) is 0 Å². The Labute approximate surface area is 184 Å². The first-order chi connectivity index (χ1) is 14.9. The van der Waals surface area contributed by atoms with Crippen molar-refractivity contribution >= 4 is 40.9 Å². The number of aromatic nitrogens is 1. The number of aliphatic carboxylic acids is 1. The Bertz CT molecular complexity index is 1200. The number of carboxylic acid groups (broad SMARTS) is 1. The minimum atomic E-state index is -1.20. The van der Waals surface area contributed by atoms with Crippen molar-refractivity contribution in [1.29, 1.82) is 0 Å². The molecule has 2 bridgehead atoms. The first kappa shape index (κ1) is 19.1. The zero-order valence-corrected chi connectivity index (χ0v) is 17.7. The molecule has 0 unspecified atom stereocenters. The molecule has 2 aromatic rings. The highest BCUT2D eigenvalue weighted by atomic mass is 32.2. The summed E-state index contributed by atoms with van der Waals surface area (Å²) in [6, 6.07) is 7.06. The lowest BCUT2D eigenvalue weighted by Crippen LogP contribution is -2.42. The van der Waals surface area contributed by atoms with Gasteiger partial charge in [-0.25, -0.2) is 0 Å². The summed E-state index contributed by atoms with van der Waals surface area (Å²) in [5, 5.41) is 20.6. The van der Waals surface area contributed by atoms with E-state index >= 15 is 0 Å². The molecule has 2 aliphatic heterocycles. The lowest BCUT2D eigenvalue weighted by Gasteiger charge is -2.43. The van der Waals surface area contributed by atoms with Gasteiger partial charge in [0, 0.05) is 21.6 Å². The number of nitrogens with zero attached hydrogens (tertiary/aromatic N) is 1. The summed E-state index contributed by atoms with van der Waals surface area (Å²) < 4.78 is 0. The van der Waals surface area contributed by atoms with Gasteiger partial charge >= 0.3 is 10.8 Å². The fourth-order valence-electron chi connectivity index (χ4n) is 6.47. The molecule has 160 valence electrons. The highest BCUT2D eigenvalue weighted by molar-refractivity contribution is 8.00. The second kappa shape index (κ2) is 6.46. The quantitative estimate of drug-likeness (QED) is 0.597. The molecule has 0 radical (unpaired) electrons. The van der Waals surface area contributed by atoms with Crippen LogP contribution in [0.5, 0.6) is 5.75 Å². The summed E-state index contributed by atoms with van der Waals surface area (Å²) in [4.78, 5) is 54.0. The van der Waals surface area contributed by atoms with Crippen molar-refractivity contribution in [3.8, 4) is 5.75 Å². The number of thiazole rings is 1. The molecule has 2 aliphatic carbocycles. The normalized spacial score (nSPS) is 35.2. The van der Waals surface area contributed by atoms with E-state index in [1.54, 1.807) is 23.9 Å². The molecule has 1 aromatic heterocycles. The van der Waals surface area contributed by atoms with E-state index in [1.165, 1.54) is 0 Å². The molecule has 8 nitrogen and oxygen atoms in total. The number of hydrogen-bond donors (Lipinski definition) is 3. The van der Waals surface area contributed by atoms with Gasteiger partial charge in [0.15, 0.2) is 0 Å². The summed E-state index contributed by atoms with van der Waals surface area (Å²) in [6.07, 6.45) is 0.722. The number of aromatic hydroxyl groups is 1. The second-order valence-electron chi connectivity index (χ2n) is 8.68. The molecule has 6 rings (SSSR count). The van der Waals surface area contributed by atoms with E-state index in [4.69, 9.17) is 5.11 Å². The average molecular weight is 459 g/mol. The lowest BCUT2D eigenvalue weighted by molar-refractivity contribution is -0.149. The molecule has 1 saturated heterocycles. The number of carboxylic acids is 1. The SMILES string of the molecule is O=C(O)CN1C(=O)[C@@H]2[C@H]3C[C@@H]([C@H]4Sc5[nH]c(=O)sc5[C@H](c5ccccc5O)[C@@H]34)[C@H]2C1=O. The third-order valence-electron chi connectivity index (χ3n) is 7.38. The molecule has 2 amide bonds. The fraction of sp³-hybridized carbons (Fsp3) is 0.429. The van der Waals surface area contributed by atoms with Gasteiger partial charge in [-0.05, 0) is 30.2 Å². The number of carbonyl (C=O) groups is 3. The summed E-state index contributed by atoms with van der Waals surface area (Å²) >= 11 is 2.69. The van der Waals surface area contributed by atoms with Crippen LogP contribution < -0.4 is 4.87 Å². The van der Waals surface area contributed by atoms with E-state index in [9.17, 15) is 24.3 Å². The minimum Gasteiger partial charge on any atom is -0.508 e. The largest absolute Gasteiger partial charge is 0.508 e. The predicted molar refractivity (Wildman–Crippen MR) is 111 cm³/mol. The summed E-state index contributed by atoms with van der Waals surface area (Å²) in [6.45, 7) is -0.601. The van der Waals surface area contributed by atoms with Crippen LogP contribution >= 0.6 is 23.1 Å². The zero-order chi connectivity index (χ0) is 21.6. The Morgan fingerprint density at radius 3 is 2.55 bits per heavy atom. The number of rotatable bonds is 3. The molecule has 1 aromatic carbocycles. The third-order valence-corrected chi connectivity index (χ3v) is 9.97. The van der Waals surface area contributed by atoms with Crippen molar-refractivity contribution in [2.45, 2.75) is 22.6 Å². The minimum absolute atomic E-state index is 0.00938. The van der Waals surface area contributed by atoms with Gasteiger partial charge in [-0.3, -0.25) is 24.1 Å². The molecular formula is C21H18N2O6S2. The molecule has 3 fully saturated rings. The molecule has 3 N–H and O–H groups in total. The van der Waals surface area contributed by atoms with Gasteiger partial charge in [-0.1, -0.05) is 29.5 Å².